The van der Waals surface area contributed by atoms with Gasteiger partial charge < -0.3 is 10.6 Å². The Morgan fingerprint density at radius 3 is 3.07 bits per heavy atom. The van der Waals surface area contributed by atoms with Crippen LogP contribution < -0.4 is 10.6 Å². The van der Waals surface area contributed by atoms with Crippen LogP contribution in [0.2, 0.25) is 5.02 Å². The molecule has 0 atom stereocenters. The number of nitrogens with one attached hydrogen (secondary N) is 2. The minimum absolute atomic E-state index is 0.0552. The number of anilines is 1. The van der Waals surface area contributed by atoms with Crippen LogP contribution in [0.15, 0.2) is 18.5 Å². The molecule has 1 aromatic heterocycles. The molecule has 0 aromatic carbocycles. The molecule has 0 saturated carbocycles. The number of nitrogens with zero attached hydrogens (tertiary/aromatic N) is 1. The molecule has 0 aliphatic rings. The lowest BCUT2D eigenvalue weighted by Crippen LogP contribution is -2.29. The summed E-state index contributed by atoms with van der Waals surface area (Å²) < 4.78 is 0. The van der Waals surface area contributed by atoms with E-state index in [9.17, 15) is 4.79 Å². The second-order valence-corrected chi connectivity index (χ2v) is 3.07. The van der Waals surface area contributed by atoms with Crippen LogP contribution in [-0.2, 0) is 4.79 Å². The van der Waals surface area contributed by atoms with E-state index in [-0.39, 0.29) is 12.5 Å². The minimum atomic E-state index is -0.0552. The Kier molecular flexibility index (Phi) is 4.19. The van der Waals surface area contributed by atoms with Crippen LogP contribution in [0, 0.1) is 0 Å². The highest BCUT2D eigenvalue weighted by Gasteiger charge is 2.01. The smallest absolute Gasteiger partial charge is 0.239 e. The van der Waals surface area contributed by atoms with E-state index in [1.807, 2.05) is 6.92 Å². The fraction of sp³-hybridized carbons (Fsp3) is 0.333. The molecule has 76 valence electrons. The van der Waals surface area contributed by atoms with Gasteiger partial charge in [-0.05, 0) is 13.0 Å². The lowest BCUT2D eigenvalue weighted by Gasteiger charge is -2.06. The normalized spacial score (nSPS) is 9.57. The Balaban J connectivity index is 2.46. The van der Waals surface area contributed by atoms with Crippen LogP contribution in [0.5, 0.6) is 0 Å². The molecule has 1 heterocycles. The minimum Gasteiger partial charge on any atom is -0.375 e. The zero-order valence-electron chi connectivity index (χ0n) is 7.88. The molecule has 0 radical (unpaired) electrons. The Hall–Kier alpha value is -1.29. The van der Waals surface area contributed by atoms with Gasteiger partial charge in [-0.25, -0.2) is 0 Å². The number of carbonyl (C=O) groups is 1. The second-order valence-electron chi connectivity index (χ2n) is 2.66. The number of amides is 1. The van der Waals surface area contributed by atoms with Crippen molar-refractivity contribution in [1.82, 2.24) is 10.3 Å². The molecule has 1 amide bonds. The summed E-state index contributed by atoms with van der Waals surface area (Å²) in [6.07, 6.45) is 3.15. The van der Waals surface area contributed by atoms with Gasteiger partial charge in [0, 0.05) is 18.9 Å². The summed E-state index contributed by atoms with van der Waals surface area (Å²) in [5, 5.41) is 6.10. The number of halogens is 1. The third kappa shape index (κ3) is 3.22. The van der Waals surface area contributed by atoms with Gasteiger partial charge in [-0.15, -0.1) is 0 Å². The van der Waals surface area contributed by atoms with Crippen LogP contribution in [0.1, 0.15) is 6.92 Å². The fourth-order valence-corrected chi connectivity index (χ4v) is 1.14. The first-order valence-electron chi connectivity index (χ1n) is 4.34. The molecule has 1 aromatic rings. The maximum absolute atomic E-state index is 11.1. The SMILES string of the molecule is CCNC(=O)CNc1ccncc1Cl. The monoisotopic (exact) mass is 213 g/mol. The van der Waals surface area contributed by atoms with Crippen molar-refractivity contribution in [3.8, 4) is 0 Å². The number of pyridine rings is 1. The molecule has 0 fully saturated rings. The average Bonchev–Trinajstić information content (AvgIpc) is 2.17. The number of likely N-dealkylation sites (N-methyl/N-ethyl adjacent to an activating group) is 1. The first kappa shape index (κ1) is 10.8. The van der Waals surface area contributed by atoms with Crippen LogP contribution in [-0.4, -0.2) is 24.0 Å². The molecule has 0 aliphatic heterocycles. The highest BCUT2D eigenvalue weighted by atomic mass is 35.5. The third-order valence-corrected chi connectivity index (χ3v) is 1.89. The van der Waals surface area contributed by atoms with Crippen molar-refractivity contribution >= 4 is 23.2 Å². The first-order chi connectivity index (χ1) is 6.74. The number of rotatable bonds is 4. The Labute approximate surface area is 87.7 Å². The van der Waals surface area contributed by atoms with Gasteiger partial charge in [0.05, 0.1) is 17.3 Å². The summed E-state index contributed by atoms with van der Waals surface area (Å²) in [5.41, 5.74) is 0.716. The summed E-state index contributed by atoms with van der Waals surface area (Å²) in [4.78, 5) is 14.9. The molecular weight excluding hydrogens is 202 g/mol. The van der Waals surface area contributed by atoms with E-state index in [0.717, 1.165) is 0 Å². The van der Waals surface area contributed by atoms with Crippen molar-refractivity contribution in [2.24, 2.45) is 0 Å². The van der Waals surface area contributed by atoms with Gasteiger partial charge in [-0.2, -0.15) is 0 Å². The fourth-order valence-electron chi connectivity index (χ4n) is 0.954. The van der Waals surface area contributed by atoms with Crippen LogP contribution >= 0.6 is 11.6 Å². The quantitative estimate of drug-likeness (QED) is 0.793. The highest BCUT2D eigenvalue weighted by Crippen LogP contribution is 2.18. The van der Waals surface area contributed by atoms with Crippen molar-refractivity contribution in [3.63, 3.8) is 0 Å². The molecule has 0 spiro atoms. The maximum atomic E-state index is 11.1. The lowest BCUT2D eigenvalue weighted by atomic mass is 10.4. The number of hydrogen-bond acceptors (Lipinski definition) is 3. The summed E-state index contributed by atoms with van der Waals surface area (Å²) in [6, 6.07) is 1.72. The zero-order valence-corrected chi connectivity index (χ0v) is 8.64. The highest BCUT2D eigenvalue weighted by molar-refractivity contribution is 6.33. The predicted molar refractivity (Wildman–Crippen MR) is 56.4 cm³/mol. The third-order valence-electron chi connectivity index (χ3n) is 1.59. The molecule has 4 nitrogen and oxygen atoms in total. The molecule has 0 unspecified atom stereocenters. The van der Waals surface area contributed by atoms with Crippen molar-refractivity contribution in [2.45, 2.75) is 6.92 Å². The van der Waals surface area contributed by atoms with E-state index in [2.05, 4.69) is 15.6 Å². The summed E-state index contributed by atoms with van der Waals surface area (Å²) >= 11 is 5.83. The van der Waals surface area contributed by atoms with Crippen LogP contribution in [0.4, 0.5) is 5.69 Å². The summed E-state index contributed by atoms with van der Waals surface area (Å²) in [7, 11) is 0. The number of hydrogen-bond donors (Lipinski definition) is 2. The van der Waals surface area contributed by atoms with Crippen molar-refractivity contribution < 1.29 is 4.79 Å². The van der Waals surface area contributed by atoms with E-state index in [0.29, 0.717) is 17.3 Å². The zero-order chi connectivity index (χ0) is 10.4. The molecule has 0 aliphatic carbocycles. The van der Waals surface area contributed by atoms with Crippen molar-refractivity contribution in [2.75, 3.05) is 18.4 Å². The van der Waals surface area contributed by atoms with E-state index in [1.54, 1.807) is 12.3 Å². The van der Waals surface area contributed by atoms with Crippen molar-refractivity contribution in [3.05, 3.63) is 23.5 Å². The first-order valence-corrected chi connectivity index (χ1v) is 4.72. The average molecular weight is 214 g/mol. The Bertz CT molecular complexity index is 317. The van der Waals surface area contributed by atoms with Crippen LogP contribution in [0.3, 0.4) is 0 Å². The van der Waals surface area contributed by atoms with Gasteiger partial charge >= 0.3 is 0 Å². The van der Waals surface area contributed by atoms with Gasteiger partial charge in [0.25, 0.3) is 0 Å². The standard InChI is InChI=1S/C9H12ClN3O/c1-2-12-9(14)6-13-8-3-4-11-5-7(8)10/h3-5H,2,6H2,1H3,(H,11,13)(H,12,14). The topological polar surface area (TPSA) is 54.0 Å². The Morgan fingerprint density at radius 1 is 1.64 bits per heavy atom. The lowest BCUT2D eigenvalue weighted by molar-refractivity contribution is -0.119. The van der Waals surface area contributed by atoms with E-state index in [4.69, 9.17) is 11.6 Å². The predicted octanol–water partition coefficient (Wildman–Crippen LogP) is 1.28. The van der Waals surface area contributed by atoms with Gasteiger partial charge in [0.1, 0.15) is 0 Å². The molecule has 2 N–H and O–H groups in total. The molecule has 5 heteroatoms. The molecule has 1 rings (SSSR count). The van der Waals surface area contributed by atoms with E-state index < -0.39 is 0 Å². The van der Waals surface area contributed by atoms with Gasteiger partial charge in [0.15, 0.2) is 0 Å². The van der Waals surface area contributed by atoms with Gasteiger partial charge in [-0.3, -0.25) is 9.78 Å². The molecule has 14 heavy (non-hydrogen) atoms. The van der Waals surface area contributed by atoms with E-state index in [1.165, 1.54) is 6.20 Å². The summed E-state index contributed by atoms with van der Waals surface area (Å²) in [6.45, 7) is 2.72. The van der Waals surface area contributed by atoms with Crippen LogP contribution in [0.25, 0.3) is 0 Å². The second kappa shape index (κ2) is 5.44. The molecule has 0 saturated heterocycles. The molecular formula is C9H12ClN3O. The number of carbonyl (C=O) groups excluding carboxylic acids is 1. The van der Waals surface area contributed by atoms with E-state index >= 15 is 0 Å². The van der Waals surface area contributed by atoms with Crippen molar-refractivity contribution in [1.29, 1.82) is 0 Å². The molecule has 0 bridgehead atoms. The van der Waals surface area contributed by atoms with Gasteiger partial charge in [0.2, 0.25) is 5.91 Å². The Morgan fingerprint density at radius 2 is 2.43 bits per heavy atom. The van der Waals surface area contributed by atoms with Gasteiger partial charge in [-0.1, -0.05) is 11.6 Å². The number of aromatic nitrogens is 1. The summed E-state index contributed by atoms with van der Waals surface area (Å²) in [5.74, 6) is -0.0552. The maximum Gasteiger partial charge on any atom is 0.239 e. The largest absolute Gasteiger partial charge is 0.375 e.